The van der Waals surface area contributed by atoms with Crippen molar-refractivity contribution in [2.24, 2.45) is 7.05 Å². The van der Waals surface area contributed by atoms with Gasteiger partial charge in [-0.05, 0) is 28.1 Å². The Kier molecular flexibility index (Phi) is 1.92. The summed E-state index contributed by atoms with van der Waals surface area (Å²) in [6, 6.07) is 5.53. The second-order valence-electron chi connectivity index (χ2n) is 2.78. The molecular weight excluding hydrogens is 232 g/mol. The van der Waals surface area contributed by atoms with Gasteiger partial charge in [-0.15, -0.1) is 0 Å². The van der Waals surface area contributed by atoms with Gasteiger partial charge >= 0.3 is 0 Å². The van der Waals surface area contributed by atoms with Crippen molar-refractivity contribution in [2.45, 2.75) is 0 Å². The summed E-state index contributed by atoms with van der Waals surface area (Å²) in [7, 11) is 1.83. The lowest BCUT2D eigenvalue weighted by Crippen LogP contribution is -1.89. The minimum absolute atomic E-state index is 0.624. The second-order valence-corrected chi connectivity index (χ2v) is 3.53. The van der Waals surface area contributed by atoms with Gasteiger partial charge in [-0.2, -0.15) is 5.10 Å². The van der Waals surface area contributed by atoms with E-state index < -0.39 is 0 Å². The molecule has 0 saturated heterocycles. The largest absolute Gasteiger partial charge is 0.298 e. The maximum absolute atomic E-state index is 10.7. The quantitative estimate of drug-likeness (QED) is 0.714. The molecule has 0 spiro atoms. The first-order valence-corrected chi connectivity index (χ1v) is 4.59. The molecular formula is C9H7BrN2O. The molecule has 0 saturated carbocycles. The van der Waals surface area contributed by atoms with Crippen LogP contribution in [0.25, 0.3) is 10.9 Å². The van der Waals surface area contributed by atoms with Gasteiger partial charge in [-0.1, -0.05) is 6.07 Å². The van der Waals surface area contributed by atoms with E-state index in [4.69, 9.17) is 0 Å². The first-order chi connectivity index (χ1) is 6.24. The van der Waals surface area contributed by atoms with Gasteiger partial charge in [0.2, 0.25) is 0 Å². The predicted octanol–water partition coefficient (Wildman–Crippen LogP) is 2.15. The fourth-order valence-corrected chi connectivity index (χ4v) is 1.70. The number of aromatic nitrogens is 2. The lowest BCUT2D eigenvalue weighted by Gasteiger charge is -1.90. The van der Waals surface area contributed by atoms with Crippen molar-refractivity contribution in [3.05, 3.63) is 28.4 Å². The third kappa shape index (κ3) is 1.18. The summed E-state index contributed by atoms with van der Waals surface area (Å²) < 4.78 is 2.60. The fraction of sp³-hybridized carbons (Fsp3) is 0.111. The number of carbonyl (C=O) groups excluding carboxylic acids is 1. The highest BCUT2D eigenvalue weighted by atomic mass is 79.9. The molecule has 0 aliphatic rings. The van der Waals surface area contributed by atoms with Gasteiger partial charge in [0.1, 0.15) is 10.1 Å². The summed E-state index contributed by atoms with van der Waals surface area (Å²) in [5, 5.41) is 5.19. The summed E-state index contributed by atoms with van der Waals surface area (Å²) in [5.74, 6) is 0. The van der Waals surface area contributed by atoms with E-state index in [-0.39, 0.29) is 0 Å². The molecule has 0 aliphatic heterocycles. The molecule has 2 aromatic rings. The minimum Gasteiger partial charge on any atom is -0.298 e. The normalized spacial score (nSPS) is 10.6. The van der Waals surface area contributed by atoms with Crippen LogP contribution in [-0.4, -0.2) is 16.1 Å². The SMILES string of the molecule is Cn1nc2c(C=O)cccc2c1Br. The number of benzene rings is 1. The maximum Gasteiger partial charge on any atom is 0.152 e. The molecule has 13 heavy (non-hydrogen) atoms. The molecule has 4 heteroatoms. The van der Waals surface area contributed by atoms with Gasteiger partial charge in [-0.3, -0.25) is 9.48 Å². The van der Waals surface area contributed by atoms with E-state index in [1.807, 2.05) is 19.2 Å². The van der Waals surface area contributed by atoms with E-state index in [1.165, 1.54) is 0 Å². The third-order valence-electron chi connectivity index (χ3n) is 1.95. The Bertz CT molecular complexity index is 476. The Morgan fingerprint density at radius 2 is 2.31 bits per heavy atom. The van der Waals surface area contributed by atoms with Gasteiger partial charge in [0.05, 0.1) is 0 Å². The molecule has 2 rings (SSSR count). The lowest BCUT2D eigenvalue weighted by molar-refractivity contribution is 0.112. The summed E-state index contributed by atoms with van der Waals surface area (Å²) in [5.41, 5.74) is 1.37. The van der Waals surface area contributed by atoms with Crippen molar-refractivity contribution >= 4 is 33.1 Å². The first kappa shape index (κ1) is 8.44. The molecule has 3 nitrogen and oxygen atoms in total. The molecule has 0 N–H and O–H groups in total. The highest BCUT2D eigenvalue weighted by molar-refractivity contribution is 9.10. The Balaban J connectivity index is 2.92. The smallest absolute Gasteiger partial charge is 0.152 e. The van der Waals surface area contributed by atoms with Gasteiger partial charge in [0, 0.05) is 18.0 Å². The molecule has 0 radical (unpaired) electrons. The van der Waals surface area contributed by atoms with Crippen LogP contribution in [0.2, 0.25) is 0 Å². The van der Waals surface area contributed by atoms with Crippen LogP contribution >= 0.6 is 15.9 Å². The number of carbonyl (C=O) groups is 1. The standard InChI is InChI=1S/C9H7BrN2O/c1-12-9(10)7-4-2-3-6(5-13)8(7)11-12/h2-5H,1H3. The zero-order valence-electron chi connectivity index (χ0n) is 6.99. The number of aryl methyl sites for hydroxylation is 1. The average Bonchev–Trinajstić information content (AvgIpc) is 2.43. The minimum atomic E-state index is 0.624. The Hall–Kier alpha value is -1.16. The zero-order valence-corrected chi connectivity index (χ0v) is 8.58. The molecule has 1 aromatic carbocycles. The number of hydrogen-bond donors (Lipinski definition) is 0. The molecule has 0 aliphatic carbocycles. The van der Waals surface area contributed by atoms with Crippen molar-refractivity contribution in [2.75, 3.05) is 0 Å². The Morgan fingerprint density at radius 3 is 3.00 bits per heavy atom. The van der Waals surface area contributed by atoms with Crippen molar-refractivity contribution in [3.8, 4) is 0 Å². The molecule has 0 amide bonds. The molecule has 0 atom stereocenters. The number of hydrogen-bond acceptors (Lipinski definition) is 2. The maximum atomic E-state index is 10.7. The van der Waals surface area contributed by atoms with Crippen LogP contribution in [-0.2, 0) is 7.05 Å². The van der Waals surface area contributed by atoms with E-state index >= 15 is 0 Å². The Morgan fingerprint density at radius 1 is 1.54 bits per heavy atom. The van der Waals surface area contributed by atoms with Crippen LogP contribution in [0, 0.1) is 0 Å². The van der Waals surface area contributed by atoms with Gasteiger partial charge < -0.3 is 0 Å². The molecule has 1 aromatic heterocycles. The molecule has 0 bridgehead atoms. The van der Waals surface area contributed by atoms with Crippen molar-refractivity contribution in [1.82, 2.24) is 9.78 Å². The number of halogens is 1. The first-order valence-electron chi connectivity index (χ1n) is 3.80. The van der Waals surface area contributed by atoms with Crippen molar-refractivity contribution < 1.29 is 4.79 Å². The van der Waals surface area contributed by atoms with E-state index in [2.05, 4.69) is 21.0 Å². The summed E-state index contributed by atoms with van der Waals surface area (Å²) in [6.07, 6.45) is 0.821. The monoisotopic (exact) mass is 238 g/mol. The zero-order chi connectivity index (χ0) is 9.42. The van der Waals surface area contributed by atoms with E-state index in [1.54, 1.807) is 10.7 Å². The van der Waals surface area contributed by atoms with Crippen LogP contribution in [0.3, 0.4) is 0 Å². The van der Waals surface area contributed by atoms with Crippen LogP contribution < -0.4 is 0 Å². The molecule has 0 fully saturated rings. The van der Waals surface area contributed by atoms with Crippen molar-refractivity contribution in [1.29, 1.82) is 0 Å². The van der Waals surface area contributed by atoms with E-state index in [0.29, 0.717) is 5.56 Å². The predicted molar refractivity (Wildman–Crippen MR) is 53.8 cm³/mol. The Labute approximate surface area is 83.5 Å². The van der Waals surface area contributed by atoms with Gasteiger partial charge in [-0.25, -0.2) is 0 Å². The second kappa shape index (κ2) is 2.96. The van der Waals surface area contributed by atoms with E-state index in [9.17, 15) is 4.79 Å². The van der Waals surface area contributed by atoms with E-state index in [0.717, 1.165) is 21.8 Å². The van der Waals surface area contributed by atoms with Gasteiger partial charge in [0.25, 0.3) is 0 Å². The topological polar surface area (TPSA) is 34.9 Å². The summed E-state index contributed by atoms with van der Waals surface area (Å²) >= 11 is 3.40. The van der Waals surface area contributed by atoms with Crippen LogP contribution in [0.4, 0.5) is 0 Å². The number of rotatable bonds is 1. The molecule has 66 valence electrons. The average molecular weight is 239 g/mol. The fourth-order valence-electron chi connectivity index (χ4n) is 1.30. The number of fused-ring (bicyclic) bond motifs is 1. The molecule has 0 unspecified atom stereocenters. The van der Waals surface area contributed by atoms with Crippen LogP contribution in [0.5, 0.6) is 0 Å². The lowest BCUT2D eigenvalue weighted by atomic mass is 10.2. The summed E-state index contributed by atoms with van der Waals surface area (Å²) in [4.78, 5) is 10.7. The van der Waals surface area contributed by atoms with Crippen LogP contribution in [0.1, 0.15) is 10.4 Å². The molecule has 1 heterocycles. The van der Waals surface area contributed by atoms with Crippen molar-refractivity contribution in [3.63, 3.8) is 0 Å². The number of nitrogens with zero attached hydrogens (tertiary/aromatic N) is 2. The number of aldehydes is 1. The summed E-state index contributed by atoms with van der Waals surface area (Å²) in [6.45, 7) is 0. The third-order valence-corrected chi connectivity index (χ3v) is 2.89. The van der Waals surface area contributed by atoms with Gasteiger partial charge in [0.15, 0.2) is 6.29 Å². The highest BCUT2D eigenvalue weighted by Crippen LogP contribution is 2.24. The van der Waals surface area contributed by atoms with Crippen LogP contribution in [0.15, 0.2) is 22.8 Å². The highest BCUT2D eigenvalue weighted by Gasteiger charge is 2.08.